The Bertz CT molecular complexity index is 1180. The molecule has 6 fully saturated rings. The third-order valence-corrected chi connectivity index (χ3v) is 50.6. The fourth-order valence-corrected chi connectivity index (χ4v) is 60.2. The summed E-state index contributed by atoms with van der Waals surface area (Å²) in [6.07, 6.45) is 4.76. The molecule has 0 saturated carbocycles. The Morgan fingerprint density at radius 3 is 0.368 bits per heavy atom. The lowest BCUT2D eigenvalue weighted by Gasteiger charge is -2.63. The summed E-state index contributed by atoms with van der Waals surface area (Å²) in [5, 5.41) is 27.9. The van der Waals surface area contributed by atoms with Crippen molar-refractivity contribution in [2.24, 2.45) is 45.9 Å². The van der Waals surface area contributed by atoms with Gasteiger partial charge >= 0.3 is 70.4 Å². The summed E-state index contributed by atoms with van der Waals surface area (Å²) in [5.41, 5.74) is 47.8. The summed E-state index contributed by atoms with van der Waals surface area (Å²) in [6, 6.07) is 2.79. The molecule has 28 nitrogen and oxygen atoms in total. The summed E-state index contributed by atoms with van der Waals surface area (Å²) in [5.74, 6) is 0. The van der Waals surface area contributed by atoms with Crippen LogP contribution in [0.5, 0.6) is 0 Å². The average molecular weight is 1230 g/mol. The number of nitrogens with one attached hydrogen (secondary N) is 8. The van der Waals surface area contributed by atoms with Gasteiger partial charge < -0.3 is 138 Å². The van der Waals surface area contributed by atoms with E-state index in [2.05, 4.69) is 42.5 Å². The molecule has 448 valence electrons. The van der Waals surface area contributed by atoms with Crippen LogP contribution in [-0.2, 0) is 49.4 Å². The van der Waals surface area contributed by atoms with Gasteiger partial charge in [-0.25, -0.2) is 0 Å². The SMILES string of the molecule is NCCNCCC[Si]12O[Si]3(CCCNCCN)O[Si]4(CCCNCCN)O[Si](CCCNCCN)(O1)O[Si]1(CCCNCCN)O[Si](CCCNCCN)(O2)O[Si](CCCNCCN)(O3)O[Si](CCCNCCN)(O4)O1. The molecule has 0 atom stereocenters. The van der Waals surface area contributed by atoms with Gasteiger partial charge in [0.25, 0.3) is 0 Å². The van der Waals surface area contributed by atoms with E-state index in [1.54, 1.807) is 0 Å². The summed E-state index contributed by atoms with van der Waals surface area (Å²) >= 11 is 0. The van der Waals surface area contributed by atoms with E-state index in [4.69, 9.17) is 95.3 Å². The van der Waals surface area contributed by atoms with Crippen molar-refractivity contribution in [3.05, 3.63) is 0 Å². The van der Waals surface area contributed by atoms with E-state index in [1.165, 1.54) is 0 Å². The molecule has 8 bridgehead atoms. The van der Waals surface area contributed by atoms with Gasteiger partial charge in [-0.15, -0.1) is 0 Å². The minimum Gasteiger partial charge on any atom is -0.373 e. The number of nitrogens with two attached hydrogens (primary N) is 8. The van der Waals surface area contributed by atoms with Crippen LogP contribution in [-0.4, -0.2) is 228 Å². The van der Waals surface area contributed by atoms with Crippen LogP contribution in [0, 0.1) is 0 Å². The molecule has 0 amide bonds. The lowest BCUT2D eigenvalue weighted by atomic mass is 10.5. The molecular formula is C40H104N16O12Si8. The van der Waals surface area contributed by atoms with Gasteiger partial charge in [0, 0.05) is 153 Å². The zero-order chi connectivity index (χ0) is 54.4. The summed E-state index contributed by atoms with van der Waals surface area (Å²) in [4.78, 5) is 0. The Morgan fingerprint density at radius 2 is 0.276 bits per heavy atom. The second-order valence-electron chi connectivity index (χ2n) is 19.8. The second-order valence-corrected chi connectivity index (χ2v) is 44.6. The molecule has 6 heterocycles. The molecule has 0 radical (unpaired) electrons. The van der Waals surface area contributed by atoms with Gasteiger partial charge in [0.1, 0.15) is 0 Å². The smallest absolute Gasteiger partial charge is 0.373 e. The van der Waals surface area contributed by atoms with Crippen molar-refractivity contribution >= 4 is 70.4 Å². The third-order valence-electron chi connectivity index (χ3n) is 13.0. The quantitative estimate of drug-likeness (QED) is 0.0201. The molecule has 36 heteroatoms. The molecule has 6 aliphatic rings. The Labute approximate surface area is 462 Å². The zero-order valence-electron chi connectivity index (χ0n) is 45.8. The van der Waals surface area contributed by atoms with Gasteiger partial charge in [-0.3, -0.25) is 0 Å². The van der Waals surface area contributed by atoms with Crippen molar-refractivity contribution in [2.75, 3.05) is 157 Å². The van der Waals surface area contributed by atoms with Crippen molar-refractivity contribution in [1.82, 2.24) is 42.5 Å². The van der Waals surface area contributed by atoms with E-state index in [0.29, 0.717) is 257 Å². The molecule has 0 aliphatic carbocycles. The number of hydrogen-bond acceptors (Lipinski definition) is 28. The molecule has 6 saturated heterocycles. The molecule has 6 rings (SSSR count). The lowest BCUT2D eigenvalue weighted by molar-refractivity contribution is -0.0311. The van der Waals surface area contributed by atoms with Gasteiger partial charge in [0.05, 0.1) is 0 Å². The largest absolute Gasteiger partial charge is 0.478 e. The highest BCUT2D eigenvalue weighted by atomic mass is 28.6. The first-order chi connectivity index (χ1) is 37.0. The number of hydrogen-bond donors (Lipinski definition) is 16. The van der Waals surface area contributed by atoms with Gasteiger partial charge in [-0.1, -0.05) is 0 Å². The average Bonchev–Trinajstić information content (AvgIpc) is 3.36. The summed E-state index contributed by atoms with van der Waals surface area (Å²) in [6.45, 7) is 13.9. The van der Waals surface area contributed by atoms with Crippen LogP contribution in [0.1, 0.15) is 51.4 Å². The summed E-state index contributed by atoms with van der Waals surface area (Å²) < 4.78 is 96.0. The van der Waals surface area contributed by atoms with Crippen molar-refractivity contribution < 1.29 is 49.4 Å². The van der Waals surface area contributed by atoms with Gasteiger partial charge in [-0.2, -0.15) is 0 Å². The summed E-state index contributed by atoms with van der Waals surface area (Å²) in [7, 11) is -33.6. The minimum absolute atomic E-state index is 0.348. The van der Waals surface area contributed by atoms with Crippen LogP contribution in [0.3, 0.4) is 0 Å². The molecule has 0 aromatic rings. The van der Waals surface area contributed by atoms with E-state index < -0.39 is 70.4 Å². The molecular weight excluding hydrogens is 1120 g/mol. The van der Waals surface area contributed by atoms with Crippen molar-refractivity contribution in [3.8, 4) is 0 Å². The van der Waals surface area contributed by atoms with Crippen LogP contribution in [0.2, 0.25) is 48.4 Å². The van der Waals surface area contributed by atoms with E-state index in [9.17, 15) is 0 Å². The monoisotopic (exact) mass is 1220 g/mol. The predicted molar refractivity (Wildman–Crippen MR) is 310 cm³/mol. The van der Waals surface area contributed by atoms with Crippen LogP contribution in [0.15, 0.2) is 0 Å². The molecule has 76 heavy (non-hydrogen) atoms. The highest BCUT2D eigenvalue weighted by molar-refractivity contribution is 7.03. The maximum absolute atomic E-state index is 8.00. The van der Waals surface area contributed by atoms with Crippen LogP contribution in [0.4, 0.5) is 0 Å². The van der Waals surface area contributed by atoms with Gasteiger partial charge in [0.15, 0.2) is 0 Å². The lowest BCUT2D eigenvalue weighted by Crippen LogP contribution is -2.88. The van der Waals surface area contributed by atoms with Crippen LogP contribution < -0.4 is 88.4 Å². The Kier molecular flexibility index (Phi) is 31.6. The Balaban J connectivity index is 1.85. The fourth-order valence-electron chi connectivity index (χ4n) is 9.82. The first kappa shape index (κ1) is 67.4. The van der Waals surface area contributed by atoms with E-state index in [1.807, 2.05) is 0 Å². The maximum Gasteiger partial charge on any atom is 0.478 e. The van der Waals surface area contributed by atoms with E-state index in [-0.39, 0.29) is 0 Å². The fraction of sp³-hybridized carbons (Fsp3) is 1.00. The Hall–Kier alpha value is 0.615. The predicted octanol–water partition coefficient (Wildman–Crippen LogP) is -4.73. The molecule has 6 aliphatic heterocycles. The molecule has 0 spiro atoms. The minimum atomic E-state index is -4.20. The standard InChI is InChI=1S/C40H104N16O12Si8/c41-9-25-49-17-1-33-69-57-70(34-2-18-50-26-10-42)60-73(37-5-21-53-29-13-45)62-71(58-69,35-3-19-51-27-11-43)64-75(39-7-23-55-31-15-47)65-72(59-69,36-4-20-52-28-12-44)63-74(61-70,38-6-22-54-30-14-46)67-76(66-73,68-75)40-8-24-56-32-16-48/h49-56H,1-48H2. The van der Waals surface area contributed by atoms with Crippen LogP contribution >= 0.6 is 0 Å². The van der Waals surface area contributed by atoms with E-state index in [0.717, 1.165) is 0 Å². The molecule has 0 unspecified atom stereocenters. The third kappa shape index (κ3) is 21.7. The first-order valence-corrected chi connectivity index (χ1v) is 44.1. The van der Waals surface area contributed by atoms with Gasteiger partial charge in [0.2, 0.25) is 0 Å². The molecule has 24 N–H and O–H groups in total. The Morgan fingerprint density at radius 1 is 0.171 bits per heavy atom. The topological polar surface area (TPSA) is 415 Å². The zero-order valence-corrected chi connectivity index (χ0v) is 53.8. The highest BCUT2D eigenvalue weighted by Gasteiger charge is 2.82. The molecule has 0 aromatic heterocycles. The normalized spacial score (nSPS) is 31.9. The van der Waals surface area contributed by atoms with Crippen molar-refractivity contribution in [3.63, 3.8) is 0 Å². The molecule has 0 aromatic carbocycles. The van der Waals surface area contributed by atoms with Gasteiger partial charge in [-0.05, 0) is 104 Å². The number of rotatable bonds is 48. The van der Waals surface area contributed by atoms with E-state index >= 15 is 0 Å². The van der Waals surface area contributed by atoms with Crippen molar-refractivity contribution in [1.29, 1.82) is 0 Å². The maximum atomic E-state index is 8.00. The van der Waals surface area contributed by atoms with Crippen molar-refractivity contribution in [2.45, 2.75) is 99.7 Å². The second kappa shape index (κ2) is 35.7. The first-order valence-electron chi connectivity index (χ1n) is 28.7. The highest BCUT2D eigenvalue weighted by Crippen LogP contribution is 2.54. The van der Waals surface area contributed by atoms with Crippen LogP contribution in [0.25, 0.3) is 0 Å².